The second-order valence-electron chi connectivity index (χ2n) is 3.46. The Hall–Kier alpha value is -1.83. The molecule has 0 unspecified atom stereocenters. The molecule has 0 atom stereocenters. The summed E-state index contributed by atoms with van der Waals surface area (Å²) in [5, 5.41) is 12.2. The number of aryl methyl sites for hydroxylation is 1. The molecule has 0 saturated heterocycles. The summed E-state index contributed by atoms with van der Waals surface area (Å²) in [6.07, 6.45) is 1.71. The molecule has 0 aromatic carbocycles. The quantitative estimate of drug-likeness (QED) is 0.588. The van der Waals surface area contributed by atoms with Gasteiger partial charge in [-0.15, -0.1) is 10.2 Å². The second kappa shape index (κ2) is 5.67. The molecule has 2 rings (SSSR count). The van der Waals surface area contributed by atoms with E-state index in [2.05, 4.69) is 20.0 Å². The Bertz CT molecular complexity index is 537. The third-order valence-electron chi connectivity index (χ3n) is 2.20. The Morgan fingerprint density at radius 3 is 3.06 bits per heavy atom. The van der Waals surface area contributed by atoms with Crippen LogP contribution in [0.25, 0.3) is 0 Å². The summed E-state index contributed by atoms with van der Waals surface area (Å²) in [4.78, 5) is 10.9. The van der Waals surface area contributed by atoms with Crippen molar-refractivity contribution in [3.8, 4) is 0 Å². The first-order chi connectivity index (χ1) is 8.69. The van der Waals surface area contributed by atoms with E-state index >= 15 is 0 Å². The number of ether oxygens (including phenoxy) is 1. The van der Waals surface area contributed by atoms with Gasteiger partial charge in [0.2, 0.25) is 5.89 Å². The van der Waals surface area contributed by atoms with Crippen LogP contribution in [-0.4, -0.2) is 38.8 Å². The maximum absolute atomic E-state index is 10.9. The zero-order valence-electron chi connectivity index (χ0n) is 9.99. The van der Waals surface area contributed by atoms with E-state index in [1.807, 2.05) is 13.0 Å². The number of methoxy groups -OCH3 is 1. The first kappa shape index (κ1) is 12.6. The number of carbonyl (C=O) groups is 1. The molecule has 0 amide bonds. The highest BCUT2D eigenvalue weighted by molar-refractivity contribution is 7.99. The van der Waals surface area contributed by atoms with Crippen LogP contribution in [0.4, 0.5) is 0 Å². The van der Waals surface area contributed by atoms with Crippen molar-refractivity contribution in [2.45, 2.75) is 18.7 Å². The summed E-state index contributed by atoms with van der Waals surface area (Å²) >= 11 is 1.15. The minimum Gasteiger partial charge on any atom is -0.468 e. The molecule has 7 nitrogen and oxygen atoms in total. The lowest BCUT2D eigenvalue weighted by Crippen LogP contribution is -2.03. The van der Waals surface area contributed by atoms with Crippen molar-refractivity contribution < 1.29 is 13.9 Å². The molecule has 2 heterocycles. The predicted octanol–water partition coefficient (Wildman–Crippen LogP) is 0.888. The van der Waals surface area contributed by atoms with Gasteiger partial charge in [-0.1, -0.05) is 11.8 Å². The van der Waals surface area contributed by atoms with E-state index in [1.54, 1.807) is 10.9 Å². The number of esters is 1. The van der Waals surface area contributed by atoms with Gasteiger partial charge in [0.05, 0.1) is 7.11 Å². The van der Waals surface area contributed by atoms with E-state index in [0.29, 0.717) is 17.7 Å². The summed E-state index contributed by atoms with van der Waals surface area (Å²) in [6.45, 7) is 2.36. The Labute approximate surface area is 108 Å². The van der Waals surface area contributed by atoms with Gasteiger partial charge < -0.3 is 9.15 Å². The molecule has 0 aliphatic carbocycles. The van der Waals surface area contributed by atoms with Crippen LogP contribution in [0.2, 0.25) is 0 Å². The normalized spacial score (nSPS) is 10.6. The fraction of sp³-hybridized carbons (Fsp3) is 0.400. The van der Waals surface area contributed by atoms with Gasteiger partial charge in [-0.05, 0) is 13.0 Å². The first-order valence-corrected chi connectivity index (χ1v) is 6.18. The lowest BCUT2D eigenvalue weighted by molar-refractivity contribution is -0.137. The predicted molar refractivity (Wildman–Crippen MR) is 63.1 cm³/mol. The molecule has 0 aliphatic rings. The molecule has 18 heavy (non-hydrogen) atoms. The first-order valence-electron chi connectivity index (χ1n) is 5.19. The smallest absolute Gasteiger partial charge is 0.316 e. The Morgan fingerprint density at radius 2 is 2.39 bits per heavy atom. The van der Waals surface area contributed by atoms with Gasteiger partial charge in [0.1, 0.15) is 12.3 Å². The van der Waals surface area contributed by atoms with Gasteiger partial charge in [-0.3, -0.25) is 9.48 Å². The standard InChI is InChI=1S/C10H12N4O3S/c1-7-3-4-11-14(7)5-8-12-13-10(17-8)18-6-9(15)16-2/h3-4H,5-6H2,1-2H3. The molecule has 0 fully saturated rings. The molecule has 96 valence electrons. The fourth-order valence-corrected chi connectivity index (χ4v) is 1.85. The van der Waals surface area contributed by atoms with Crippen LogP contribution in [0.3, 0.4) is 0 Å². The highest BCUT2D eigenvalue weighted by Crippen LogP contribution is 2.16. The molecule has 0 bridgehead atoms. The van der Waals surface area contributed by atoms with Crippen molar-refractivity contribution in [3.05, 3.63) is 23.8 Å². The molecule has 2 aromatic heterocycles. The number of aromatic nitrogens is 4. The monoisotopic (exact) mass is 268 g/mol. The Kier molecular flexibility index (Phi) is 3.98. The number of carbonyl (C=O) groups excluding carboxylic acids is 1. The van der Waals surface area contributed by atoms with E-state index in [0.717, 1.165) is 17.5 Å². The summed E-state index contributed by atoms with van der Waals surface area (Å²) in [7, 11) is 1.34. The van der Waals surface area contributed by atoms with Gasteiger partial charge in [-0.2, -0.15) is 5.10 Å². The van der Waals surface area contributed by atoms with Crippen LogP contribution in [-0.2, 0) is 16.1 Å². The lowest BCUT2D eigenvalue weighted by Gasteiger charge is -1.98. The van der Waals surface area contributed by atoms with Crippen LogP contribution < -0.4 is 0 Å². The molecule has 0 N–H and O–H groups in total. The zero-order chi connectivity index (χ0) is 13.0. The van der Waals surface area contributed by atoms with Gasteiger partial charge in [0, 0.05) is 11.9 Å². The number of hydrogen-bond acceptors (Lipinski definition) is 7. The maximum atomic E-state index is 10.9. The number of nitrogens with zero attached hydrogens (tertiary/aromatic N) is 4. The van der Waals surface area contributed by atoms with Crippen molar-refractivity contribution in [3.63, 3.8) is 0 Å². The summed E-state index contributed by atoms with van der Waals surface area (Å²) in [5.41, 5.74) is 1.01. The number of rotatable bonds is 5. The second-order valence-corrected chi connectivity index (χ2v) is 4.38. The van der Waals surface area contributed by atoms with Gasteiger partial charge in [0.25, 0.3) is 5.22 Å². The zero-order valence-corrected chi connectivity index (χ0v) is 10.8. The van der Waals surface area contributed by atoms with Gasteiger partial charge >= 0.3 is 5.97 Å². The van der Waals surface area contributed by atoms with E-state index in [1.165, 1.54) is 7.11 Å². The molecule has 8 heteroatoms. The van der Waals surface area contributed by atoms with Crippen LogP contribution in [0.5, 0.6) is 0 Å². The molecule has 0 radical (unpaired) electrons. The SMILES string of the molecule is COC(=O)CSc1nnc(Cn2nccc2C)o1. The molecule has 2 aromatic rings. The van der Waals surface area contributed by atoms with Crippen LogP contribution >= 0.6 is 11.8 Å². The average Bonchev–Trinajstić information content (AvgIpc) is 2.97. The maximum Gasteiger partial charge on any atom is 0.316 e. The highest BCUT2D eigenvalue weighted by atomic mass is 32.2. The summed E-state index contributed by atoms with van der Waals surface area (Å²) in [5.74, 6) is 0.274. The third kappa shape index (κ3) is 3.10. The van der Waals surface area contributed by atoms with E-state index < -0.39 is 0 Å². The van der Waals surface area contributed by atoms with Crippen molar-refractivity contribution in [2.24, 2.45) is 0 Å². The van der Waals surface area contributed by atoms with E-state index in [-0.39, 0.29) is 11.7 Å². The van der Waals surface area contributed by atoms with Crippen molar-refractivity contribution in [1.82, 2.24) is 20.0 Å². The highest BCUT2D eigenvalue weighted by Gasteiger charge is 2.10. The van der Waals surface area contributed by atoms with Crippen molar-refractivity contribution in [2.75, 3.05) is 12.9 Å². The number of thioether (sulfide) groups is 1. The Morgan fingerprint density at radius 1 is 1.56 bits per heavy atom. The van der Waals surface area contributed by atoms with Crippen LogP contribution in [0.1, 0.15) is 11.6 Å². The van der Waals surface area contributed by atoms with E-state index in [9.17, 15) is 4.79 Å². The molecular formula is C10H12N4O3S. The average molecular weight is 268 g/mol. The number of hydrogen-bond donors (Lipinski definition) is 0. The molecule has 0 spiro atoms. The van der Waals surface area contributed by atoms with Gasteiger partial charge in [-0.25, -0.2) is 0 Å². The molecule has 0 saturated carbocycles. The minimum atomic E-state index is -0.331. The Balaban J connectivity index is 1.94. The van der Waals surface area contributed by atoms with E-state index in [4.69, 9.17) is 4.42 Å². The van der Waals surface area contributed by atoms with Gasteiger partial charge in [0.15, 0.2) is 0 Å². The third-order valence-corrected chi connectivity index (χ3v) is 3.00. The summed E-state index contributed by atoms with van der Waals surface area (Å²) < 4.78 is 11.6. The lowest BCUT2D eigenvalue weighted by atomic mass is 10.5. The topological polar surface area (TPSA) is 83.0 Å². The van der Waals surface area contributed by atoms with Crippen molar-refractivity contribution >= 4 is 17.7 Å². The van der Waals surface area contributed by atoms with Crippen molar-refractivity contribution in [1.29, 1.82) is 0 Å². The van der Waals surface area contributed by atoms with Crippen LogP contribution in [0, 0.1) is 6.92 Å². The minimum absolute atomic E-state index is 0.152. The summed E-state index contributed by atoms with van der Waals surface area (Å²) in [6, 6.07) is 1.89. The van der Waals surface area contributed by atoms with Crippen LogP contribution in [0.15, 0.2) is 21.9 Å². The molecule has 0 aliphatic heterocycles. The largest absolute Gasteiger partial charge is 0.468 e. The fourth-order valence-electron chi connectivity index (χ4n) is 1.23. The molecular weight excluding hydrogens is 256 g/mol.